The van der Waals surface area contributed by atoms with Gasteiger partial charge in [-0.05, 0) is 80.9 Å². The predicted octanol–water partition coefficient (Wildman–Crippen LogP) is 6.77. The number of aliphatic imine (C=N–C) groups is 1. The van der Waals surface area contributed by atoms with Gasteiger partial charge in [0.25, 0.3) is 0 Å². The lowest BCUT2D eigenvalue weighted by Crippen LogP contribution is -2.50. The van der Waals surface area contributed by atoms with E-state index in [0.717, 1.165) is 48.1 Å². The van der Waals surface area contributed by atoms with Crippen molar-refractivity contribution in [2.24, 2.45) is 22.7 Å². The van der Waals surface area contributed by atoms with Crippen LogP contribution in [0.5, 0.6) is 0 Å². The van der Waals surface area contributed by atoms with Crippen LogP contribution in [0.15, 0.2) is 23.2 Å². The van der Waals surface area contributed by atoms with Crippen molar-refractivity contribution in [3.63, 3.8) is 0 Å². The normalized spacial score (nSPS) is 33.4. The van der Waals surface area contributed by atoms with Gasteiger partial charge in [0.1, 0.15) is 5.82 Å². The Hall–Kier alpha value is -0.980. The van der Waals surface area contributed by atoms with Gasteiger partial charge in [0, 0.05) is 29.8 Å². The number of benzene rings is 1. The molecule has 182 valence electrons. The van der Waals surface area contributed by atoms with Crippen LogP contribution in [-0.2, 0) is 4.79 Å². The minimum atomic E-state index is -0.501. The molecule has 1 aliphatic heterocycles. The molecule has 6 rings (SSSR count). The van der Waals surface area contributed by atoms with Crippen LogP contribution in [-0.4, -0.2) is 39.9 Å². The van der Waals surface area contributed by atoms with E-state index in [9.17, 15) is 9.18 Å². The third kappa shape index (κ3) is 5.48. The van der Waals surface area contributed by atoms with Gasteiger partial charge in [-0.25, -0.2) is 4.39 Å². The number of carbonyl (C=O) groups excluding carboxylic acids is 1. The Labute approximate surface area is 211 Å². The zero-order valence-corrected chi connectivity index (χ0v) is 21.6. The summed E-state index contributed by atoms with van der Waals surface area (Å²) in [5.41, 5.74) is 0.332. The van der Waals surface area contributed by atoms with Crippen molar-refractivity contribution < 1.29 is 9.18 Å². The number of thioether (sulfide) groups is 1. The lowest BCUT2D eigenvalue weighted by molar-refractivity contribution is -0.116. The largest absolute Gasteiger partial charge is 0.347 e. The van der Waals surface area contributed by atoms with Crippen molar-refractivity contribution in [3.8, 4) is 0 Å². The highest BCUT2D eigenvalue weighted by Crippen LogP contribution is 2.57. The second-order valence-electron chi connectivity index (χ2n) is 10.4. The smallest absolute Gasteiger partial charge is 0.226 e. The van der Waals surface area contributed by atoms with Gasteiger partial charge in [-0.15, -0.1) is 12.4 Å². The summed E-state index contributed by atoms with van der Waals surface area (Å²) in [7, 11) is 0. The van der Waals surface area contributed by atoms with Gasteiger partial charge in [0.05, 0.1) is 11.2 Å². The monoisotopic (exact) mass is 513 g/mol. The van der Waals surface area contributed by atoms with Crippen LogP contribution in [0.3, 0.4) is 0 Å². The van der Waals surface area contributed by atoms with Gasteiger partial charge < -0.3 is 10.2 Å². The van der Waals surface area contributed by atoms with Crippen LogP contribution >= 0.6 is 35.8 Å². The summed E-state index contributed by atoms with van der Waals surface area (Å²) < 4.78 is 14.1. The molecule has 5 fully saturated rings. The quantitative estimate of drug-likeness (QED) is 0.437. The van der Waals surface area contributed by atoms with Gasteiger partial charge >= 0.3 is 0 Å². The van der Waals surface area contributed by atoms with Gasteiger partial charge in [0.15, 0.2) is 5.17 Å². The molecule has 4 aliphatic carbocycles. The van der Waals surface area contributed by atoms with Crippen molar-refractivity contribution in [2.45, 2.75) is 76.3 Å². The Balaban J connectivity index is 0.00000259. The van der Waals surface area contributed by atoms with Crippen molar-refractivity contribution in [1.29, 1.82) is 0 Å². The Morgan fingerprint density at radius 2 is 1.91 bits per heavy atom. The molecule has 1 amide bonds. The third-order valence-corrected chi connectivity index (χ3v) is 9.18. The van der Waals surface area contributed by atoms with E-state index in [-0.39, 0.29) is 35.6 Å². The molecule has 1 atom stereocenters. The maximum absolute atomic E-state index is 14.1. The van der Waals surface area contributed by atoms with Crippen LogP contribution in [0.2, 0.25) is 5.02 Å². The van der Waals surface area contributed by atoms with E-state index in [0.29, 0.717) is 11.4 Å². The van der Waals surface area contributed by atoms with E-state index < -0.39 is 5.82 Å². The molecule has 4 nitrogen and oxygen atoms in total. The molecule has 1 N–H and O–H groups in total. The number of anilines is 1. The van der Waals surface area contributed by atoms with E-state index in [1.165, 1.54) is 50.7 Å². The first kappa shape index (κ1) is 25.1. The molecular weight excluding hydrogens is 480 g/mol. The number of amidine groups is 1. The SMILES string of the molecule is CCCCN1C(=NC23CC4CC(CC(C4)C2)C3)SCC1CC(=O)Nc1ccc(Cl)cc1F.Cl. The maximum atomic E-state index is 14.1. The fraction of sp³-hybridized carbons (Fsp3) is 0.680. The van der Waals surface area contributed by atoms with Gasteiger partial charge in [-0.1, -0.05) is 36.7 Å². The lowest BCUT2D eigenvalue weighted by atomic mass is 9.53. The molecule has 0 aromatic heterocycles. The standard InChI is InChI=1S/C25H33ClFN3OS.ClH/c1-2-3-6-30-20(11-23(31)28-22-5-4-19(26)10-21(22)27)15-32-24(30)29-25-12-16-7-17(13-25)9-18(8-16)14-25;/h4-5,10,16-18,20H,2-3,6-9,11-15H2,1H3,(H,28,31);1H. The van der Waals surface area contributed by atoms with Crippen molar-refractivity contribution in [1.82, 2.24) is 4.90 Å². The van der Waals surface area contributed by atoms with Crippen LogP contribution < -0.4 is 5.32 Å². The first-order chi connectivity index (χ1) is 15.4. The molecule has 1 aromatic carbocycles. The average Bonchev–Trinajstić information content (AvgIpc) is 3.07. The molecule has 1 saturated heterocycles. The highest BCUT2D eigenvalue weighted by atomic mass is 35.5. The second kappa shape index (κ2) is 10.3. The Morgan fingerprint density at radius 3 is 2.52 bits per heavy atom. The maximum Gasteiger partial charge on any atom is 0.226 e. The van der Waals surface area contributed by atoms with Crippen LogP contribution in [0, 0.1) is 23.6 Å². The first-order valence-electron chi connectivity index (χ1n) is 12.2. The van der Waals surface area contributed by atoms with E-state index >= 15 is 0 Å². The Bertz CT molecular complexity index is 876. The van der Waals surface area contributed by atoms with Crippen molar-refractivity contribution in [2.75, 3.05) is 17.6 Å². The summed E-state index contributed by atoms with van der Waals surface area (Å²) in [6, 6.07) is 4.45. The van der Waals surface area contributed by atoms with Gasteiger partial charge in [-0.2, -0.15) is 0 Å². The molecule has 1 aromatic rings. The predicted molar refractivity (Wildman–Crippen MR) is 138 cm³/mol. The summed E-state index contributed by atoms with van der Waals surface area (Å²) >= 11 is 7.64. The molecule has 5 aliphatic rings. The van der Waals surface area contributed by atoms with Crippen molar-refractivity contribution >= 4 is 52.5 Å². The molecule has 0 radical (unpaired) electrons. The first-order valence-corrected chi connectivity index (χ1v) is 13.5. The molecule has 0 spiro atoms. The molecule has 1 heterocycles. The van der Waals surface area contributed by atoms with E-state index in [4.69, 9.17) is 16.6 Å². The number of rotatable bonds is 7. The minimum Gasteiger partial charge on any atom is -0.347 e. The summed E-state index contributed by atoms with van der Waals surface area (Å²) in [6.07, 6.45) is 10.6. The number of carbonyl (C=O) groups is 1. The van der Waals surface area contributed by atoms with Gasteiger partial charge in [-0.3, -0.25) is 9.79 Å². The van der Waals surface area contributed by atoms with E-state index in [1.807, 2.05) is 11.8 Å². The number of nitrogens with one attached hydrogen (secondary N) is 1. The summed E-state index contributed by atoms with van der Waals surface area (Å²) in [5.74, 6) is 2.82. The van der Waals surface area contributed by atoms with E-state index in [1.54, 1.807) is 6.07 Å². The van der Waals surface area contributed by atoms with Gasteiger partial charge in [0.2, 0.25) is 5.91 Å². The zero-order valence-electron chi connectivity index (χ0n) is 19.2. The van der Waals surface area contributed by atoms with Crippen LogP contribution in [0.1, 0.15) is 64.7 Å². The summed E-state index contributed by atoms with van der Waals surface area (Å²) in [4.78, 5) is 20.6. The van der Waals surface area contributed by atoms with Crippen LogP contribution in [0.4, 0.5) is 10.1 Å². The second-order valence-corrected chi connectivity index (χ2v) is 11.8. The number of amides is 1. The van der Waals surface area contributed by atoms with Crippen LogP contribution in [0.25, 0.3) is 0 Å². The average molecular weight is 515 g/mol. The number of nitrogens with zero attached hydrogens (tertiary/aromatic N) is 2. The Morgan fingerprint density at radius 1 is 1.24 bits per heavy atom. The third-order valence-electron chi connectivity index (χ3n) is 7.81. The molecule has 1 unspecified atom stereocenters. The number of hydrogen-bond donors (Lipinski definition) is 1. The lowest BCUT2D eigenvalue weighted by Gasteiger charge is -2.55. The molecular formula is C25H34Cl2FN3OS. The van der Waals surface area contributed by atoms with Crippen molar-refractivity contribution in [3.05, 3.63) is 29.0 Å². The molecule has 4 saturated carbocycles. The highest BCUT2D eigenvalue weighted by molar-refractivity contribution is 8.14. The Kier molecular flexibility index (Phi) is 7.86. The topological polar surface area (TPSA) is 44.7 Å². The number of halogens is 3. The number of unbranched alkanes of at least 4 members (excludes halogenated alkanes) is 1. The highest BCUT2D eigenvalue weighted by Gasteiger charge is 2.51. The molecule has 8 heteroatoms. The summed E-state index contributed by atoms with van der Waals surface area (Å²) in [6.45, 7) is 3.13. The molecule has 33 heavy (non-hydrogen) atoms. The minimum absolute atomic E-state index is 0. The molecule has 4 bridgehead atoms. The fourth-order valence-corrected chi connectivity index (χ4v) is 8.25. The zero-order chi connectivity index (χ0) is 22.3. The number of hydrogen-bond acceptors (Lipinski definition) is 3. The van der Waals surface area contributed by atoms with E-state index in [2.05, 4.69) is 17.1 Å². The summed E-state index contributed by atoms with van der Waals surface area (Å²) in [5, 5.41) is 4.21. The fourth-order valence-electron chi connectivity index (χ4n) is 6.78.